The number of aliphatic hydroxyl groups is 1. The highest BCUT2D eigenvalue weighted by Gasteiger charge is 2.24. The van der Waals surface area contributed by atoms with E-state index in [2.05, 4.69) is 0 Å². The zero-order chi connectivity index (χ0) is 14.5. The van der Waals surface area contributed by atoms with E-state index in [0.717, 1.165) is 0 Å². The van der Waals surface area contributed by atoms with E-state index in [9.17, 15) is 13.2 Å². The highest BCUT2D eigenvalue weighted by atomic mass is 32.2. The minimum Gasteiger partial charge on any atom is -0.497 e. The lowest BCUT2D eigenvalue weighted by Crippen LogP contribution is -2.41. The summed E-state index contributed by atoms with van der Waals surface area (Å²) in [6, 6.07) is 4.15. The summed E-state index contributed by atoms with van der Waals surface area (Å²) in [5, 5.41) is 17.5. The Morgan fingerprint density at radius 2 is 1.95 bits per heavy atom. The first-order valence-corrected chi connectivity index (χ1v) is 6.89. The number of rotatable bonds is 7. The van der Waals surface area contributed by atoms with Crippen molar-refractivity contribution < 1.29 is 28.2 Å². The van der Waals surface area contributed by atoms with Gasteiger partial charge in [0.1, 0.15) is 11.8 Å². The minimum atomic E-state index is -3.95. The molecule has 0 amide bonds. The van der Waals surface area contributed by atoms with Crippen molar-refractivity contribution in [3.8, 4) is 5.75 Å². The first-order chi connectivity index (χ1) is 8.90. The molecular formula is C11H15NO6S. The Bertz CT molecular complexity index is 525. The summed E-state index contributed by atoms with van der Waals surface area (Å²) in [5.41, 5.74) is 0. The first kappa shape index (κ1) is 15.4. The first-order valence-electron chi connectivity index (χ1n) is 5.40. The fourth-order valence-electron chi connectivity index (χ4n) is 1.37. The Labute approximate surface area is 110 Å². The number of nitrogens with one attached hydrogen (secondary N) is 1. The maximum atomic E-state index is 11.9. The minimum absolute atomic E-state index is 0.0718. The van der Waals surface area contributed by atoms with Gasteiger partial charge < -0.3 is 14.9 Å². The summed E-state index contributed by atoms with van der Waals surface area (Å²) in [6.07, 6.45) is -0.204. The molecule has 1 aromatic rings. The predicted octanol–water partition coefficient (Wildman–Crippen LogP) is -0.191. The molecule has 0 unspecified atom stereocenters. The topological polar surface area (TPSA) is 113 Å². The second-order valence-electron chi connectivity index (χ2n) is 3.70. The van der Waals surface area contributed by atoms with Crippen molar-refractivity contribution in [1.29, 1.82) is 0 Å². The third-order valence-electron chi connectivity index (χ3n) is 2.38. The molecule has 0 saturated carbocycles. The molecule has 1 rings (SSSR count). The number of hydrogen-bond acceptors (Lipinski definition) is 5. The van der Waals surface area contributed by atoms with E-state index in [4.69, 9.17) is 14.9 Å². The van der Waals surface area contributed by atoms with E-state index in [1.165, 1.54) is 31.4 Å². The van der Waals surface area contributed by atoms with Crippen LogP contribution in [0.4, 0.5) is 0 Å². The van der Waals surface area contributed by atoms with Crippen molar-refractivity contribution in [1.82, 2.24) is 4.72 Å². The van der Waals surface area contributed by atoms with Crippen LogP contribution in [-0.4, -0.2) is 44.4 Å². The predicted molar refractivity (Wildman–Crippen MR) is 66.4 cm³/mol. The number of carboxylic acid groups (broad SMARTS) is 1. The van der Waals surface area contributed by atoms with Crippen LogP contribution in [0, 0.1) is 0 Å². The summed E-state index contributed by atoms with van der Waals surface area (Å²) >= 11 is 0. The zero-order valence-corrected chi connectivity index (χ0v) is 11.1. The molecule has 8 heteroatoms. The van der Waals surface area contributed by atoms with Crippen molar-refractivity contribution in [2.24, 2.45) is 0 Å². The van der Waals surface area contributed by atoms with Crippen LogP contribution in [0.25, 0.3) is 0 Å². The van der Waals surface area contributed by atoms with E-state index >= 15 is 0 Å². The molecule has 0 heterocycles. The van der Waals surface area contributed by atoms with Crippen LogP contribution in [0.1, 0.15) is 6.42 Å². The Morgan fingerprint density at radius 3 is 2.37 bits per heavy atom. The van der Waals surface area contributed by atoms with Crippen molar-refractivity contribution in [3.63, 3.8) is 0 Å². The number of aliphatic hydroxyl groups excluding tert-OH is 1. The smallest absolute Gasteiger partial charge is 0.321 e. The monoisotopic (exact) mass is 289 g/mol. The molecule has 3 N–H and O–H groups in total. The summed E-state index contributed by atoms with van der Waals surface area (Å²) in [7, 11) is -2.50. The van der Waals surface area contributed by atoms with Gasteiger partial charge in [0, 0.05) is 6.61 Å². The van der Waals surface area contributed by atoms with Crippen LogP contribution in [0.15, 0.2) is 29.2 Å². The van der Waals surface area contributed by atoms with Gasteiger partial charge >= 0.3 is 5.97 Å². The van der Waals surface area contributed by atoms with E-state index in [0.29, 0.717) is 5.75 Å². The second-order valence-corrected chi connectivity index (χ2v) is 5.41. The molecule has 0 aliphatic rings. The van der Waals surface area contributed by atoms with E-state index < -0.39 is 28.6 Å². The lowest BCUT2D eigenvalue weighted by Gasteiger charge is -2.13. The Morgan fingerprint density at radius 1 is 1.37 bits per heavy atom. The van der Waals surface area contributed by atoms with Gasteiger partial charge in [0.2, 0.25) is 10.0 Å². The van der Waals surface area contributed by atoms with Gasteiger partial charge in [0.25, 0.3) is 0 Å². The maximum absolute atomic E-state index is 11.9. The van der Waals surface area contributed by atoms with Gasteiger partial charge in [-0.25, -0.2) is 8.42 Å². The average molecular weight is 289 g/mol. The quantitative estimate of drug-likeness (QED) is 0.641. The molecule has 0 aliphatic heterocycles. The Hall–Kier alpha value is -1.64. The molecule has 106 valence electrons. The van der Waals surface area contributed by atoms with Crippen LogP contribution in [0.5, 0.6) is 5.75 Å². The Kier molecular flexibility index (Phi) is 5.28. The lowest BCUT2D eigenvalue weighted by atomic mass is 10.2. The van der Waals surface area contributed by atoms with Crippen LogP contribution in [0.2, 0.25) is 0 Å². The Balaban J connectivity index is 2.92. The van der Waals surface area contributed by atoms with Gasteiger partial charge in [-0.15, -0.1) is 0 Å². The third kappa shape index (κ3) is 4.19. The lowest BCUT2D eigenvalue weighted by molar-refractivity contribution is -0.139. The van der Waals surface area contributed by atoms with Gasteiger partial charge in [-0.1, -0.05) is 0 Å². The van der Waals surface area contributed by atoms with Gasteiger partial charge in [0.05, 0.1) is 12.0 Å². The SMILES string of the molecule is COc1ccc(S(=O)(=O)N[C@@H](CCO)C(=O)O)cc1. The molecule has 19 heavy (non-hydrogen) atoms. The second kappa shape index (κ2) is 6.50. The largest absolute Gasteiger partial charge is 0.497 e. The molecule has 7 nitrogen and oxygen atoms in total. The molecular weight excluding hydrogens is 274 g/mol. The summed E-state index contributed by atoms with van der Waals surface area (Å²) in [4.78, 5) is 10.8. The van der Waals surface area contributed by atoms with Gasteiger partial charge in [-0.05, 0) is 30.7 Å². The number of aliphatic carboxylic acids is 1. The number of ether oxygens (including phenoxy) is 1. The highest BCUT2D eigenvalue weighted by Crippen LogP contribution is 2.15. The summed E-state index contributed by atoms with van der Waals surface area (Å²) < 4.78 is 30.8. The van der Waals surface area contributed by atoms with Crippen molar-refractivity contribution >= 4 is 16.0 Å². The zero-order valence-electron chi connectivity index (χ0n) is 10.2. The van der Waals surface area contributed by atoms with Gasteiger partial charge in [-0.2, -0.15) is 4.72 Å². The third-order valence-corrected chi connectivity index (χ3v) is 3.87. The fourth-order valence-corrected chi connectivity index (χ4v) is 2.60. The van der Waals surface area contributed by atoms with Crippen LogP contribution < -0.4 is 9.46 Å². The average Bonchev–Trinajstić information content (AvgIpc) is 2.38. The molecule has 1 aromatic carbocycles. The number of methoxy groups -OCH3 is 1. The summed E-state index contributed by atoms with van der Waals surface area (Å²) in [6.45, 7) is -0.428. The molecule has 1 atom stereocenters. The fraction of sp³-hybridized carbons (Fsp3) is 0.364. The van der Waals surface area contributed by atoms with Crippen LogP contribution in [-0.2, 0) is 14.8 Å². The molecule has 0 bridgehead atoms. The van der Waals surface area contributed by atoms with Crippen LogP contribution >= 0.6 is 0 Å². The number of hydrogen-bond donors (Lipinski definition) is 3. The number of sulfonamides is 1. The van der Waals surface area contributed by atoms with Crippen molar-refractivity contribution in [2.75, 3.05) is 13.7 Å². The van der Waals surface area contributed by atoms with Crippen molar-refractivity contribution in [2.45, 2.75) is 17.4 Å². The molecule has 0 aliphatic carbocycles. The molecule has 0 radical (unpaired) electrons. The molecule has 0 aromatic heterocycles. The summed E-state index contributed by atoms with van der Waals surface area (Å²) in [5.74, 6) is -0.852. The molecule has 0 spiro atoms. The van der Waals surface area contributed by atoms with Gasteiger partial charge in [0.15, 0.2) is 0 Å². The van der Waals surface area contributed by atoms with E-state index in [1.807, 2.05) is 4.72 Å². The van der Waals surface area contributed by atoms with Crippen LogP contribution in [0.3, 0.4) is 0 Å². The highest BCUT2D eigenvalue weighted by molar-refractivity contribution is 7.89. The van der Waals surface area contributed by atoms with E-state index in [1.54, 1.807) is 0 Å². The molecule has 0 saturated heterocycles. The number of benzene rings is 1. The van der Waals surface area contributed by atoms with Gasteiger partial charge in [-0.3, -0.25) is 4.79 Å². The van der Waals surface area contributed by atoms with E-state index in [-0.39, 0.29) is 11.3 Å². The molecule has 0 fully saturated rings. The number of carbonyl (C=O) groups is 1. The standard InChI is InChI=1S/C11H15NO6S/c1-18-8-2-4-9(5-3-8)19(16,17)12-10(6-7-13)11(14)15/h2-5,10,12-13H,6-7H2,1H3,(H,14,15)/t10-/m0/s1. The number of carboxylic acids is 1. The normalized spacial score (nSPS) is 12.9. The van der Waals surface area contributed by atoms with Crippen molar-refractivity contribution in [3.05, 3.63) is 24.3 Å². The maximum Gasteiger partial charge on any atom is 0.321 e.